The monoisotopic (exact) mass is 436 g/mol. The predicted molar refractivity (Wildman–Crippen MR) is 111 cm³/mol. The first-order chi connectivity index (χ1) is 15.4. The van der Waals surface area contributed by atoms with Crippen molar-refractivity contribution in [3.8, 4) is 0 Å². The van der Waals surface area contributed by atoms with Crippen molar-refractivity contribution >= 4 is 22.6 Å². The van der Waals surface area contributed by atoms with Gasteiger partial charge in [0.25, 0.3) is 22.7 Å². The van der Waals surface area contributed by atoms with Gasteiger partial charge in [0.1, 0.15) is 17.4 Å². The Kier molecular flexibility index (Phi) is 5.53. The van der Waals surface area contributed by atoms with Gasteiger partial charge >= 0.3 is 0 Å². The summed E-state index contributed by atoms with van der Waals surface area (Å²) in [5.74, 6) is -0.462. The van der Waals surface area contributed by atoms with E-state index in [1.54, 1.807) is 12.1 Å². The minimum atomic E-state index is -0.489. The Morgan fingerprint density at radius 1 is 1.16 bits per heavy atom. The fraction of sp³-hybridized carbons (Fsp3) is 0.158. The number of carbonyl (C=O) groups is 1. The molecule has 0 atom stereocenters. The highest BCUT2D eigenvalue weighted by Gasteiger charge is 2.12. The van der Waals surface area contributed by atoms with Gasteiger partial charge in [-0.25, -0.2) is 14.8 Å². The summed E-state index contributed by atoms with van der Waals surface area (Å²) in [4.78, 5) is 50.4. The lowest BCUT2D eigenvalue weighted by atomic mass is 10.2. The van der Waals surface area contributed by atoms with Gasteiger partial charge in [0, 0.05) is 24.7 Å². The van der Waals surface area contributed by atoms with Crippen LogP contribution in [-0.2, 0) is 13.1 Å². The molecular weight excluding hydrogens is 420 g/mol. The summed E-state index contributed by atoms with van der Waals surface area (Å²) in [5, 5.41) is 23.7. The topological polar surface area (TPSA) is 171 Å². The molecule has 3 aromatic heterocycles. The van der Waals surface area contributed by atoms with Gasteiger partial charge in [0.15, 0.2) is 5.65 Å². The molecule has 0 saturated heterocycles. The third kappa shape index (κ3) is 4.26. The number of nitrogens with one attached hydrogen (secondary N) is 2. The molecule has 162 valence electrons. The van der Waals surface area contributed by atoms with Crippen LogP contribution in [0.2, 0.25) is 0 Å². The Balaban J connectivity index is 1.44. The number of aromatic nitrogens is 6. The van der Waals surface area contributed by atoms with E-state index >= 15 is 0 Å². The van der Waals surface area contributed by atoms with Gasteiger partial charge in [-0.05, 0) is 11.6 Å². The van der Waals surface area contributed by atoms with Crippen LogP contribution in [-0.4, -0.2) is 46.9 Å². The average molecular weight is 436 g/mol. The summed E-state index contributed by atoms with van der Waals surface area (Å²) < 4.78 is 2.88. The number of benzene rings is 1. The van der Waals surface area contributed by atoms with Gasteiger partial charge < -0.3 is 5.32 Å². The molecule has 2 N–H and O–H groups in total. The molecule has 0 aliphatic carbocycles. The molecule has 0 unspecified atom stereocenters. The van der Waals surface area contributed by atoms with Crippen LogP contribution >= 0.6 is 0 Å². The van der Waals surface area contributed by atoms with Crippen LogP contribution in [0.5, 0.6) is 0 Å². The lowest BCUT2D eigenvalue weighted by Gasteiger charge is -2.07. The number of aromatic amines is 1. The Morgan fingerprint density at radius 2 is 1.94 bits per heavy atom. The number of amides is 1. The Labute approximate surface area is 178 Å². The summed E-state index contributed by atoms with van der Waals surface area (Å²) in [6.07, 6.45) is 2.79. The first kappa shape index (κ1) is 20.6. The molecule has 0 saturated carbocycles. The molecule has 1 amide bonds. The number of nitrogens with zero attached hydrogens (tertiary/aromatic N) is 6. The summed E-state index contributed by atoms with van der Waals surface area (Å²) in [5.41, 5.74) is 0.411. The molecule has 4 aromatic rings. The number of H-pyrrole nitrogens is 1. The number of hydrogen-bond acceptors (Lipinski definition) is 8. The van der Waals surface area contributed by atoms with Crippen molar-refractivity contribution in [2.45, 2.75) is 13.1 Å². The number of carbonyl (C=O) groups excluding carboxylic acids is 1. The molecule has 0 aliphatic heterocycles. The van der Waals surface area contributed by atoms with Crippen LogP contribution in [0, 0.1) is 10.1 Å². The molecule has 0 bridgehead atoms. The lowest BCUT2D eigenvalue weighted by molar-refractivity contribution is -0.384. The van der Waals surface area contributed by atoms with Crippen molar-refractivity contribution in [2.75, 3.05) is 6.54 Å². The summed E-state index contributed by atoms with van der Waals surface area (Å²) in [6.45, 7) is 0.661. The van der Waals surface area contributed by atoms with Crippen LogP contribution in [0.4, 0.5) is 5.69 Å². The van der Waals surface area contributed by atoms with E-state index in [2.05, 4.69) is 25.6 Å². The largest absolute Gasteiger partial charge is 0.349 e. The summed E-state index contributed by atoms with van der Waals surface area (Å²) in [6, 6.07) is 8.43. The molecule has 0 aliphatic rings. The molecule has 32 heavy (non-hydrogen) atoms. The second-order valence-corrected chi connectivity index (χ2v) is 6.77. The first-order valence-electron chi connectivity index (χ1n) is 9.40. The number of nitro groups is 1. The Morgan fingerprint density at radius 3 is 2.62 bits per heavy atom. The third-order valence-electron chi connectivity index (χ3n) is 4.64. The highest BCUT2D eigenvalue weighted by atomic mass is 16.6. The van der Waals surface area contributed by atoms with Crippen molar-refractivity contribution in [1.82, 2.24) is 34.8 Å². The van der Waals surface area contributed by atoms with E-state index in [1.807, 2.05) is 0 Å². The average Bonchev–Trinajstić information content (AvgIpc) is 3.20. The van der Waals surface area contributed by atoms with Crippen LogP contribution in [0.25, 0.3) is 11.0 Å². The fourth-order valence-corrected chi connectivity index (χ4v) is 3.03. The third-order valence-corrected chi connectivity index (χ3v) is 4.64. The molecule has 4 rings (SSSR count). The normalized spacial score (nSPS) is 10.9. The molecule has 0 radical (unpaired) electrons. The molecule has 1 aromatic carbocycles. The van der Waals surface area contributed by atoms with Crippen molar-refractivity contribution in [2.24, 2.45) is 0 Å². The maximum absolute atomic E-state index is 12.8. The standard InChI is InChI=1S/C19H16N8O5/c28-16-6-5-15(23-24-16)18(29)20-7-8-26-17-14(9-22-26)19(30)25(11-21-17)10-12-1-3-13(4-2-12)27(31)32/h1-6,9,11H,7-8,10H2,(H,20,29)(H,24,28). The minimum Gasteiger partial charge on any atom is -0.349 e. The van der Waals surface area contributed by atoms with Gasteiger partial charge in [0.05, 0.1) is 24.2 Å². The van der Waals surface area contributed by atoms with E-state index in [0.717, 1.165) is 0 Å². The minimum absolute atomic E-state index is 0.0284. The van der Waals surface area contributed by atoms with E-state index < -0.39 is 16.4 Å². The summed E-state index contributed by atoms with van der Waals surface area (Å²) in [7, 11) is 0. The Hall–Kier alpha value is -4.68. The van der Waals surface area contributed by atoms with Crippen molar-refractivity contribution in [3.05, 3.63) is 91.0 Å². The summed E-state index contributed by atoms with van der Waals surface area (Å²) >= 11 is 0. The second-order valence-electron chi connectivity index (χ2n) is 6.77. The van der Waals surface area contributed by atoms with E-state index in [0.29, 0.717) is 16.6 Å². The highest BCUT2D eigenvalue weighted by Crippen LogP contribution is 2.13. The van der Waals surface area contributed by atoms with Gasteiger partial charge in [-0.1, -0.05) is 12.1 Å². The molecule has 3 heterocycles. The molecule has 13 heteroatoms. The molecular formula is C19H16N8O5. The number of rotatable bonds is 7. The van der Waals surface area contributed by atoms with Crippen LogP contribution < -0.4 is 16.4 Å². The number of fused-ring (bicyclic) bond motifs is 1. The smallest absolute Gasteiger partial charge is 0.271 e. The lowest BCUT2D eigenvalue weighted by Crippen LogP contribution is -2.29. The van der Waals surface area contributed by atoms with Crippen LogP contribution in [0.3, 0.4) is 0 Å². The zero-order chi connectivity index (χ0) is 22.7. The van der Waals surface area contributed by atoms with Crippen molar-refractivity contribution < 1.29 is 9.72 Å². The zero-order valence-electron chi connectivity index (χ0n) is 16.5. The van der Waals surface area contributed by atoms with Gasteiger partial charge in [-0.3, -0.25) is 29.1 Å². The Bertz CT molecular complexity index is 1400. The van der Waals surface area contributed by atoms with E-state index in [4.69, 9.17) is 0 Å². The number of nitro benzene ring substituents is 1. The van der Waals surface area contributed by atoms with E-state index in [1.165, 1.54) is 46.0 Å². The van der Waals surface area contributed by atoms with E-state index in [9.17, 15) is 24.5 Å². The van der Waals surface area contributed by atoms with Gasteiger partial charge in [0.2, 0.25) is 0 Å². The van der Waals surface area contributed by atoms with Crippen LogP contribution in [0.15, 0.2) is 58.5 Å². The van der Waals surface area contributed by atoms with Gasteiger partial charge in [-0.2, -0.15) is 10.2 Å². The highest BCUT2D eigenvalue weighted by molar-refractivity contribution is 5.91. The maximum atomic E-state index is 12.8. The second kappa shape index (κ2) is 8.59. The SMILES string of the molecule is O=C(NCCn1ncc2c(=O)n(Cc3ccc([N+](=O)[O-])cc3)cnc21)c1ccc(=O)[nH]n1. The number of hydrogen-bond donors (Lipinski definition) is 2. The van der Waals surface area contributed by atoms with Crippen molar-refractivity contribution in [3.63, 3.8) is 0 Å². The first-order valence-corrected chi connectivity index (χ1v) is 9.40. The van der Waals surface area contributed by atoms with Crippen molar-refractivity contribution in [1.29, 1.82) is 0 Å². The molecule has 0 fully saturated rings. The quantitative estimate of drug-likeness (QED) is 0.302. The fourth-order valence-electron chi connectivity index (χ4n) is 3.03. The zero-order valence-corrected chi connectivity index (χ0v) is 16.5. The molecule has 0 spiro atoms. The number of non-ortho nitro benzene ring substituents is 1. The van der Waals surface area contributed by atoms with E-state index in [-0.39, 0.29) is 36.6 Å². The maximum Gasteiger partial charge on any atom is 0.271 e. The predicted octanol–water partition coefficient (Wildman–Crippen LogP) is 0.0628. The molecule has 13 nitrogen and oxygen atoms in total. The van der Waals surface area contributed by atoms with Gasteiger partial charge in [-0.15, -0.1) is 0 Å². The van der Waals surface area contributed by atoms with Crippen LogP contribution in [0.1, 0.15) is 16.1 Å².